The largest absolute Gasteiger partial charge is 0.348 e. The van der Waals surface area contributed by atoms with Crippen LogP contribution >= 0.6 is 0 Å². The Kier molecular flexibility index (Phi) is 6.42. The van der Waals surface area contributed by atoms with Crippen LogP contribution < -0.4 is 0 Å². The van der Waals surface area contributed by atoms with Gasteiger partial charge in [0.2, 0.25) is 5.91 Å². The summed E-state index contributed by atoms with van der Waals surface area (Å²) in [5, 5.41) is 0. The summed E-state index contributed by atoms with van der Waals surface area (Å²) in [6, 6.07) is 18.9. The van der Waals surface area contributed by atoms with Gasteiger partial charge in [-0.2, -0.15) is 0 Å². The number of carbonyl (C=O) groups is 1. The zero-order chi connectivity index (χ0) is 21.7. The van der Waals surface area contributed by atoms with Crippen LogP contribution in [0.5, 0.6) is 0 Å². The van der Waals surface area contributed by atoms with E-state index < -0.39 is 5.41 Å². The first-order valence-electron chi connectivity index (χ1n) is 10.9. The topological polar surface area (TPSA) is 49.3 Å². The molecule has 0 N–H and O–H groups in total. The second kappa shape index (κ2) is 9.40. The molecule has 1 unspecified atom stereocenters. The fourth-order valence-electron chi connectivity index (χ4n) is 4.83. The molecule has 5 nitrogen and oxygen atoms in total. The summed E-state index contributed by atoms with van der Waals surface area (Å²) in [4.78, 5) is 26.1. The van der Waals surface area contributed by atoms with E-state index in [4.69, 9.17) is 0 Å². The molecule has 2 heterocycles. The molecule has 1 aliphatic rings. The highest BCUT2D eigenvalue weighted by Crippen LogP contribution is 2.38. The van der Waals surface area contributed by atoms with Crippen molar-refractivity contribution in [2.24, 2.45) is 5.41 Å². The third kappa shape index (κ3) is 4.83. The van der Waals surface area contributed by atoms with Crippen LogP contribution in [0.2, 0.25) is 0 Å². The molecule has 160 valence electrons. The van der Waals surface area contributed by atoms with Crippen LogP contribution in [0.3, 0.4) is 0 Å². The minimum absolute atomic E-state index is 0.212. The minimum atomic E-state index is -0.442. The molecule has 1 amide bonds. The molecule has 1 saturated heterocycles. The molecule has 1 atom stereocenters. The quantitative estimate of drug-likeness (QED) is 0.610. The average Bonchev–Trinajstić information content (AvgIpc) is 2.80. The second-order valence-corrected chi connectivity index (χ2v) is 8.74. The number of carbonyl (C=O) groups excluding carboxylic acids is 1. The van der Waals surface area contributed by atoms with Crippen LogP contribution in [0.1, 0.15) is 24.0 Å². The highest BCUT2D eigenvalue weighted by atomic mass is 16.2. The maximum Gasteiger partial charge on any atom is 0.229 e. The van der Waals surface area contributed by atoms with E-state index in [-0.39, 0.29) is 5.91 Å². The van der Waals surface area contributed by atoms with Crippen molar-refractivity contribution in [3.63, 3.8) is 0 Å². The standard InChI is InChI=1S/C26H30N4O/c1-29(2)25(31)26(13-8-14-30(19-26)18-21-9-4-3-5-10-21)15-22-11-6-7-12-24(22)23-16-27-20-28-17-23/h3-7,9-12,16-17,20H,8,13-15,18-19H2,1-2H3. The fourth-order valence-corrected chi connectivity index (χ4v) is 4.83. The third-order valence-corrected chi connectivity index (χ3v) is 6.18. The Hall–Kier alpha value is -3.05. The van der Waals surface area contributed by atoms with Gasteiger partial charge in [-0.05, 0) is 42.5 Å². The Morgan fingerprint density at radius 1 is 1.03 bits per heavy atom. The first kappa shape index (κ1) is 21.2. The smallest absolute Gasteiger partial charge is 0.229 e. The summed E-state index contributed by atoms with van der Waals surface area (Å²) < 4.78 is 0. The van der Waals surface area contributed by atoms with Crippen molar-refractivity contribution in [3.05, 3.63) is 84.4 Å². The van der Waals surface area contributed by atoms with Crippen LogP contribution in [0.25, 0.3) is 11.1 Å². The zero-order valence-electron chi connectivity index (χ0n) is 18.4. The second-order valence-electron chi connectivity index (χ2n) is 8.74. The van der Waals surface area contributed by atoms with Gasteiger partial charge in [0, 0.05) is 45.1 Å². The predicted molar refractivity (Wildman–Crippen MR) is 123 cm³/mol. The third-order valence-electron chi connectivity index (χ3n) is 6.18. The van der Waals surface area contributed by atoms with E-state index >= 15 is 0 Å². The van der Waals surface area contributed by atoms with Crippen molar-refractivity contribution in [3.8, 4) is 11.1 Å². The Labute approximate surface area is 184 Å². The molecule has 0 bridgehead atoms. The predicted octanol–water partition coefficient (Wildman–Crippen LogP) is 4.06. The van der Waals surface area contributed by atoms with E-state index in [1.807, 2.05) is 38.6 Å². The Bertz CT molecular complexity index is 1010. The number of rotatable bonds is 6. The molecular formula is C26H30N4O. The SMILES string of the molecule is CN(C)C(=O)C1(Cc2ccccc2-c2cncnc2)CCCN(Cc2ccccc2)C1. The molecule has 3 aromatic rings. The van der Waals surface area contributed by atoms with Gasteiger partial charge in [0.15, 0.2) is 0 Å². The lowest BCUT2D eigenvalue weighted by atomic mass is 9.73. The summed E-state index contributed by atoms with van der Waals surface area (Å²) in [6.45, 7) is 2.65. The van der Waals surface area contributed by atoms with Gasteiger partial charge in [0.05, 0.1) is 5.41 Å². The highest BCUT2D eigenvalue weighted by molar-refractivity contribution is 5.83. The van der Waals surface area contributed by atoms with Crippen molar-refractivity contribution >= 4 is 5.91 Å². The van der Waals surface area contributed by atoms with Gasteiger partial charge >= 0.3 is 0 Å². The van der Waals surface area contributed by atoms with Gasteiger partial charge in [-0.3, -0.25) is 9.69 Å². The van der Waals surface area contributed by atoms with E-state index in [2.05, 4.69) is 57.3 Å². The lowest BCUT2D eigenvalue weighted by molar-refractivity contribution is -0.143. The van der Waals surface area contributed by atoms with Crippen molar-refractivity contribution in [2.75, 3.05) is 27.2 Å². The van der Waals surface area contributed by atoms with Crippen LogP contribution in [-0.4, -0.2) is 52.9 Å². The zero-order valence-corrected chi connectivity index (χ0v) is 18.4. The summed E-state index contributed by atoms with van der Waals surface area (Å²) >= 11 is 0. The van der Waals surface area contributed by atoms with Gasteiger partial charge in [-0.25, -0.2) is 9.97 Å². The number of hydrogen-bond acceptors (Lipinski definition) is 4. The minimum Gasteiger partial charge on any atom is -0.348 e. The molecule has 1 fully saturated rings. The van der Waals surface area contributed by atoms with Crippen molar-refractivity contribution < 1.29 is 4.79 Å². The normalized spacial score (nSPS) is 19.2. The molecule has 0 spiro atoms. The lowest BCUT2D eigenvalue weighted by Gasteiger charge is -2.43. The molecule has 0 aliphatic carbocycles. The Morgan fingerprint density at radius 2 is 1.74 bits per heavy atom. The van der Waals surface area contributed by atoms with Gasteiger partial charge in [0.25, 0.3) is 0 Å². The number of benzene rings is 2. The van der Waals surface area contributed by atoms with Crippen molar-refractivity contribution in [1.29, 1.82) is 0 Å². The summed E-state index contributed by atoms with van der Waals surface area (Å²) in [7, 11) is 3.74. The van der Waals surface area contributed by atoms with Crippen LogP contribution in [0.15, 0.2) is 73.3 Å². The van der Waals surface area contributed by atoms with Crippen LogP contribution in [0.4, 0.5) is 0 Å². The molecule has 1 aliphatic heterocycles. The van der Waals surface area contributed by atoms with Crippen LogP contribution in [0, 0.1) is 5.41 Å². The van der Waals surface area contributed by atoms with E-state index in [0.29, 0.717) is 6.42 Å². The average molecular weight is 415 g/mol. The Balaban J connectivity index is 1.66. The maximum atomic E-state index is 13.5. The van der Waals surface area contributed by atoms with Crippen molar-refractivity contribution in [1.82, 2.24) is 19.8 Å². The summed E-state index contributed by atoms with van der Waals surface area (Å²) in [5.41, 5.74) is 4.12. The van der Waals surface area contributed by atoms with Gasteiger partial charge in [-0.1, -0.05) is 54.6 Å². The number of aromatic nitrogens is 2. The molecule has 5 heteroatoms. The van der Waals surface area contributed by atoms with Gasteiger partial charge in [-0.15, -0.1) is 0 Å². The fraction of sp³-hybridized carbons (Fsp3) is 0.346. The van der Waals surface area contributed by atoms with E-state index in [9.17, 15) is 4.79 Å². The molecule has 1 aromatic heterocycles. The van der Waals surface area contributed by atoms with E-state index in [1.54, 1.807) is 11.2 Å². The molecule has 0 saturated carbocycles. The Morgan fingerprint density at radius 3 is 2.48 bits per heavy atom. The monoisotopic (exact) mass is 414 g/mol. The number of piperidine rings is 1. The van der Waals surface area contributed by atoms with Gasteiger partial charge < -0.3 is 4.90 Å². The molecule has 2 aromatic carbocycles. The van der Waals surface area contributed by atoms with E-state index in [1.165, 1.54) is 11.1 Å². The summed E-state index contributed by atoms with van der Waals surface area (Å²) in [5.74, 6) is 0.212. The lowest BCUT2D eigenvalue weighted by Crippen LogP contribution is -2.52. The van der Waals surface area contributed by atoms with Crippen LogP contribution in [-0.2, 0) is 17.8 Å². The number of likely N-dealkylation sites (tertiary alicyclic amines) is 1. The number of hydrogen-bond donors (Lipinski definition) is 0. The maximum absolute atomic E-state index is 13.5. The first-order chi connectivity index (χ1) is 15.1. The molecular weight excluding hydrogens is 384 g/mol. The molecule has 4 rings (SSSR count). The molecule has 31 heavy (non-hydrogen) atoms. The highest BCUT2D eigenvalue weighted by Gasteiger charge is 2.43. The number of amides is 1. The first-order valence-corrected chi connectivity index (χ1v) is 10.9. The van der Waals surface area contributed by atoms with Crippen molar-refractivity contribution in [2.45, 2.75) is 25.8 Å². The van der Waals surface area contributed by atoms with E-state index in [0.717, 1.165) is 43.6 Å². The number of nitrogens with zero attached hydrogens (tertiary/aromatic N) is 4. The molecule has 0 radical (unpaired) electrons. The van der Waals surface area contributed by atoms with Gasteiger partial charge in [0.1, 0.15) is 6.33 Å². The summed E-state index contributed by atoms with van der Waals surface area (Å²) in [6.07, 6.45) is 7.85.